The molecular weight excluding hydrogens is 184 g/mol. The van der Waals surface area contributed by atoms with Crippen LogP contribution in [-0.2, 0) is 0 Å². The van der Waals surface area contributed by atoms with E-state index in [0.717, 1.165) is 0 Å². The third kappa shape index (κ3) is 1.74. The summed E-state index contributed by atoms with van der Waals surface area (Å²) in [5.74, 6) is 0.218. The van der Waals surface area contributed by atoms with Crippen molar-refractivity contribution in [3.63, 3.8) is 0 Å². The molecule has 0 amide bonds. The number of anilines is 3. The number of hydrogen-bond donors (Lipinski definition) is 3. The standard InChI is InChI=1S/C8H8N4O2/c9-7-11-8(14-12-7)10-5-2-1-3-6(13)4-5/h1-4,13H,(H3,9,10,11,12). The van der Waals surface area contributed by atoms with Crippen LogP contribution in [0.2, 0.25) is 0 Å². The highest BCUT2D eigenvalue weighted by atomic mass is 16.5. The summed E-state index contributed by atoms with van der Waals surface area (Å²) in [6.07, 6.45) is 0. The number of benzene rings is 1. The molecule has 0 unspecified atom stereocenters. The minimum Gasteiger partial charge on any atom is -0.508 e. The molecule has 0 saturated heterocycles. The van der Waals surface area contributed by atoms with E-state index in [2.05, 4.69) is 15.5 Å². The number of phenols is 1. The molecule has 1 aromatic heterocycles. The van der Waals surface area contributed by atoms with E-state index in [1.165, 1.54) is 6.07 Å². The highest BCUT2D eigenvalue weighted by Gasteiger charge is 2.02. The summed E-state index contributed by atoms with van der Waals surface area (Å²) in [5.41, 5.74) is 5.90. The number of aromatic nitrogens is 2. The molecule has 0 spiro atoms. The van der Waals surface area contributed by atoms with Gasteiger partial charge >= 0.3 is 6.01 Å². The van der Waals surface area contributed by atoms with Crippen LogP contribution in [0.3, 0.4) is 0 Å². The Bertz CT molecular complexity index is 440. The normalized spacial score (nSPS) is 10.0. The summed E-state index contributed by atoms with van der Waals surface area (Å²) >= 11 is 0. The van der Waals surface area contributed by atoms with Gasteiger partial charge in [0.05, 0.1) is 0 Å². The Balaban J connectivity index is 2.18. The molecule has 0 aliphatic rings. The Labute approximate surface area is 79.4 Å². The maximum Gasteiger partial charge on any atom is 0.327 e. The van der Waals surface area contributed by atoms with Crippen LogP contribution >= 0.6 is 0 Å². The Kier molecular flexibility index (Phi) is 1.94. The van der Waals surface area contributed by atoms with Gasteiger partial charge in [-0.25, -0.2) is 0 Å². The second-order valence-electron chi connectivity index (χ2n) is 2.63. The van der Waals surface area contributed by atoms with Crippen molar-refractivity contribution in [3.8, 4) is 5.75 Å². The number of nitrogens with zero attached hydrogens (tertiary/aromatic N) is 2. The van der Waals surface area contributed by atoms with Crippen molar-refractivity contribution < 1.29 is 9.63 Å². The van der Waals surface area contributed by atoms with Gasteiger partial charge in [0.2, 0.25) is 0 Å². The van der Waals surface area contributed by atoms with E-state index in [0.29, 0.717) is 5.69 Å². The molecule has 4 N–H and O–H groups in total. The fourth-order valence-electron chi connectivity index (χ4n) is 0.993. The Morgan fingerprint density at radius 3 is 2.93 bits per heavy atom. The first-order valence-electron chi connectivity index (χ1n) is 3.89. The largest absolute Gasteiger partial charge is 0.508 e. The lowest BCUT2D eigenvalue weighted by Gasteiger charge is -1.99. The van der Waals surface area contributed by atoms with E-state index in [1.807, 2.05) is 0 Å². The summed E-state index contributed by atoms with van der Waals surface area (Å²) in [6.45, 7) is 0. The van der Waals surface area contributed by atoms with Gasteiger partial charge in [-0.1, -0.05) is 6.07 Å². The van der Waals surface area contributed by atoms with Gasteiger partial charge in [-0.15, -0.1) is 0 Å². The number of rotatable bonds is 2. The number of nitrogens with two attached hydrogens (primary N) is 1. The first-order chi connectivity index (χ1) is 6.74. The van der Waals surface area contributed by atoms with E-state index >= 15 is 0 Å². The smallest absolute Gasteiger partial charge is 0.327 e. The van der Waals surface area contributed by atoms with Crippen LogP contribution in [0.15, 0.2) is 28.8 Å². The van der Waals surface area contributed by atoms with Crippen molar-refractivity contribution >= 4 is 17.7 Å². The molecule has 0 fully saturated rings. The van der Waals surface area contributed by atoms with Crippen molar-refractivity contribution in [1.29, 1.82) is 0 Å². The van der Waals surface area contributed by atoms with Gasteiger partial charge in [0.15, 0.2) is 0 Å². The molecule has 0 radical (unpaired) electrons. The third-order valence-electron chi connectivity index (χ3n) is 1.54. The zero-order chi connectivity index (χ0) is 9.97. The van der Waals surface area contributed by atoms with Gasteiger partial charge in [-0.05, 0) is 17.3 Å². The number of phenolic OH excluding ortho intramolecular Hbond substituents is 1. The van der Waals surface area contributed by atoms with E-state index in [1.54, 1.807) is 18.2 Å². The Morgan fingerprint density at radius 2 is 2.29 bits per heavy atom. The van der Waals surface area contributed by atoms with E-state index < -0.39 is 0 Å². The van der Waals surface area contributed by atoms with E-state index in [-0.39, 0.29) is 17.7 Å². The van der Waals surface area contributed by atoms with Crippen molar-refractivity contribution in [2.24, 2.45) is 0 Å². The van der Waals surface area contributed by atoms with Crippen LogP contribution in [0, 0.1) is 0 Å². The fourth-order valence-corrected chi connectivity index (χ4v) is 0.993. The first-order valence-corrected chi connectivity index (χ1v) is 3.89. The molecule has 72 valence electrons. The second-order valence-corrected chi connectivity index (χ2v) is 2.63. The van der Waals surface area contributed by atoms with Gasteiger partial charge < -0.3 is 20.7 Å². The van der Waals surface area contributed by atoms with Gasteiger partial charge in [0.25, 0.3) is 5.95 Å². The van der Waals surface area contributed by atoms with Gasteiger partial charge in [-0.3, -0.25) is 0 Å². The van der Waals surface area contributed by atoms with Crippen molar-refractivity contribution in [3.05, 3.63) is 24.3 Å². The first kappa shape index (κ1) is 8.36. The summed E-state index contributed by atoms with van der Waals surface area (Å²) in [4.78, 5) is 3.74. The van der Waals surface area contributed by atoms with Gasteiger partial charge in [-0.2, -0.15) is 4.98 Å². The topological polar surface area (TPSA) is 97.2 Å². The van der Waals surface area contributed by atoms with Crippen LogP contribution in [-0.4, -0.2) is 15.2 Å². The number of hydrogen-bond acceptors (Lipinski definition) is 6. The quantitative estimate of drug-likeness (QED) is 0.659. The highest BCUT2D eigenvalue weighted by Crippen LogP contribution is 2.19. The van der Waals surface area contributed by atoms with Crippen molar-refractivity contribution in [2.45, 2.75) is 0 Å². The molecule has 2 aromatic rings. The van der Waals surface area contributed by atoms with Crippen LogP contribution in [0.4, 0.5) is 17.7 Å². The Hall–Kier alpha value is -2.24. The zero-order valence-corrected chi connectivity index (χ0v) is 7.14. The molecular formula is C8H8N4O2. The Morgan fingerprint density at radius 1 is 1.43 bits per heavy atom. The molecule has 0 atom stereocenters. The SMILES string of the molecule is Nc1noc(Nc2cccc(O)c2)n1. The van der Waals surface area contributed by atoms with Gasteiger partial charge in [0, 0.05) is 11.8 Å². The van der Waals surface area contributed by atoms with Crippen LogP contribution in [0.5, 0.6) is 5.75 Å². The molecule has 1 aromatic carbocycles. The molecule has 1 heterocycles. The predicted molar refractivity (Wildman–Crippen MR) is 50.1 cm³/mol. The molecule has 14 heavy (non-hydrogen) atoms. The van der Waals surface area contributed by atoms with Gasteiger partial charge in [0.1, 0.15) is 5.75 Å². The number of nitrogens with one attached hydrogen (secondary N) is 1. The summed E-state index contributed by atoms with van der Waals surface area (Å²) in [6, 6.07) is 6.72. The van der Waals surface area contributed by atoms with Crippen LogP contribution in [0.1, 0.15) is 0 Å². The maximum atomic E-state index is 9.16. The minimum atomic E-state index is 0.0626. The number of aromatic hydroxyl groups is 1. The lowest BCUT2D eigenvalue weighted by atomic mass is 10.3. The fraction of sp³-hybridized carbons (Fsp3) is 0. The highest BCUT2D eigenvalue weighted by molar-refractivity contribution is 5.54. The second kappa shape index (κ2) is 3.25. The third-order valence-corrected chi connectivity index (χ3v) is 1.54. The number of nitrogen functional groups attached to an aromatic ring is 1. The molecule has 0 saturated carbocycles. The van der Waals surface area contributed by atoms with Crippen LogP contribution in [0.25, 0.3) is 0 Å². The average molecular weight is 192 g/mol. The monoisotopic (exact) mass is 192 g/mol. The molecule has 0 aliphatic carbocycles. The zero-order valence-electron chi connectivity index (χ0n) is 7.14. The molecule has 0 bridgehead atoms. The lowest BCUT2D eigenvalue weighted by molar-refractivity contribution is 0.436. The summed E-state index contributed by atoms with van der Waals surface area (Å²) in [5, 5.41) is 15.4. The molecule has 2 rings (SSSR count). The minimum absolute atomic E-state index is 0.0626. The van der Waals surface area contributed by atoms with Crippen LogP contribution < -0.4 is 11.1 Å². The molecule has 6 heteroatoms. The predicted octanol–water partition coefficient (Wildman–Crippen LogP) is 1.10. The summed E-state index contributed by atoms with van der Waals surface area (Å²) in [7, 11) is 0. The molecule has 6 nitrogen and oxygen atoms in total. The lowest BCUT2D eigenvalue weighted by Crippen LogP contribution is -1.90. The maximum absolute atomic E-state index is 9.16. The van der Waals surface area contributed by atoms with E-state index in [4.69, 9.17) is 15.4 Å². The summed E-state index contributed by atoms with van der Waals surface area (Å²) < 4.78 is 4.73. The van der Waals surface area contributed by atoms with E-state index in [9.17, 15) is 0 Å². The average Bonchev–Trinajstić information content (AvgIpc) is 2.51. The molecule has 0 aliphatic heterocycles. The van der Waals surface area contributed by atoms with Crippen molar-refractivity contribution in [2.75, 3.05) is 11.1 Å². The van der Waals surface area contributed by atoms with Crippen molar-refractivity contribution in [1.82, 2.24) is 10.1 Å².